The van der Waals surface area contributed by atoms with Crippen molar-refractivity contribution in [2.24, 2.45) is 0 Å². The lowest BCUT2D eigenvalue weighted by Gasteiger charge is -2.25. The average Bonchev–Trinajstić information content (AvgIpc) is 2.18. The third-order valence-corrected chi connectivity index (χ3v) is 2.79. The third kappa shape index (κ3) is 1.72. The highest BCUT2D eigenvalue weighted by atomic mass is 127. The first-order valence-electron chi connectivity index (χ1n) is 3.95. The lowest BCUT2D eigenvalue weighted by molar-refractivity contribution is 0.103. The van der Waals surface area contributed by atoms with Gasteiger partial charge in [-0.2, -0.15) is 0 Å². The molecular weight excluding hydrogens is 286 g/mol. The minimum Gasteiger partial charge on any atom is -0.486 e. The Kier molecular flexibility index (Phi) is 2.57. The Hall–Kier alpha value is -0.520. The van der Waals surface area contributed by atoms with Crippen LogP contribution in [0.25, 0.3) is 0 Å². The van der Waals surface area contributed by atoms with Gasteiger partial charge in [0, 0.05) is 4.43 Å². The van der Waals surface area contributed by atoms with Crippen LogP contribution >= 0.6 is 22.6 Å². The Morgan fingerprint density at radius 2 is 2.38 bits per heavy atom. The second kappa shape index (κ2) is 3.69. The fourth-order valence-electron chi connectivity index (χ4n) is 1.18. The summed E-state index contributed by atoms with van der Waals surface area (Å²) in [4.78, 5) is 0. The van der Waals surface area contributed by atoms with Crippen LogP contribution in [0.15, 0.2) is 18.2 Å². The van der Waals surface area contributed by atoms with E-state index in [1.54, 1.807) is 12.1 Å². The normalized spacial score (nSPS) is 20.0. The lowest BCUT2D eigenvalue weighted by Crippen LogP contribution is -2.30. The molecule has 2 rings (SSSR count). The fraction of sp³-hybridized carbons (Fsp3) is 0.333. The van der Waals surface area contributed by atoms with Gasteiger partial charge in [-0.05, 0) is 12.1 Å². The van der Waals surface area contributed by atoms with Gasteiger partial charge in [0.2, 0.25) is 0 Å². The molecule has 0 fully saturated rings. The molecule has 70 valence electrons. The molecule has 4 heteroatoms. The van der Waals surface area contributed by atoms with E-state index in [1.165, 1.54) is 6.07 Å². The van der Waals surface area contributed by atoms with Crippen LogP contribution in [0.2, 0.25) is 0 Å². The predicted molar refractivity (Wildman–Crippen MR) is 55.2 cm³/mol. The molecule has 1 aromatic carbocycles. The van der Waals surface area contributed by atoms with Gasteiger partial charge in [0.1, 0.15) is 12.7 Å². The van der Waals surface area contributed by atoms with E-state index >= 15 is 0 Å². The topological polar surface area (TPSA) is 18.5 Å². The molecule has 0 aromatic heterocycles. The average molecular weight is 294 g/mol. The van der Waals surface area contributed by atoms with Crippen LogP contribution < -0.4 is 9.47 Å². The molecule has 1 aliphatic heterocycles. The van der Waals surface area contributed by atoms with Crippen LogP contribution in [0.1, 0.15) is 0 Å². The molecule has 0 N–H and O–H groups in total. The van der Waals surface area contributed by atoms with E-state index in [1.807, 2.05) is 0 Å². The molecule has 0 saturated heterocycles. The largest absolute Gasteiger partial charge is 0.486 e. The molecule has 1 aromatic rings. The molecule has 1 aliphatic rings. The Balaban J connectivity index is 2.32. The number of halogens is 2. The monoisotopic (exact) mass is 294 g/mol. The van der Waals surface area contributed by atoms with Crippen molar-refractivity contribution in [1.82, 2.24) is 0 Å². The highest BCUT2D eigenvalue weighted by Crippen LogP contribution is 2.34. The summed E-state index contributed by atoms with van der Waals surface area (Å²) < 4.78 is 24.7. The van der Waals surface area contributed by atoms with E-state index in [0.29, 0.717) is 12.4 Å². The molecular formula is C9H8FIO2. The summed E-state index contributed by atoms with van der Waals surface area (Å²) in [5.74, 6) is 0.392. The quantitative estimate of drug-likeness (QED) is 0.585. The van der Waals surface area contributed by atoms with Crippen molar-refractivity contribution >= 4 is 22.6 Å². The van der Waals surface area contributed by atoms with Crippen LogP contribution in [0.5, 0.6) is 11.5 Å². The maximum Gasteiger partial charge on any atom is 0.197 e. The third-order valence-electron chi connectivity index (χ3n) is 1.81. The lowest BCUT2D eigenvalue weighted by atomic mass is 10.2. The minimum absolute atomic E-state index is 0.0370. The van der Waals surface area contributed by atoms with Crippen molar-refractivity contribution in [3.05, 3.63) is 24.0 Å². The summed E-state index contributed by atoms with van der Waals surface area (Å²) in [7, 11) is 0. The number of rotatable bonds is 1. The summed E-state index contributed by atoms with van der Waals surface area (Å²) in [6.45, 7) is 0.499. The molecule has 0 spiro atoms. The Morgan fingerprint density at radius 1 is 1.54 bits per heavy atom. The van der Waals surface area contributed by atoms with Gasteiger partial charge in [-0.15, -0.1) is 0 Å². The van der Waals surface area contributed by atoms with Crippen LogP contribution in [0.4, 0.5) is 4.39 Å². The zero-order chi connectivity index (χ0) is 9.26. The molecule has 0 amide bonds. The van der Waals surface area contributed by atoms with E-state index in [0.717, 1.165) is 4.43 Å². The van der Waals surface area contributed by atoms with Crippen LogP contribution in [0, 0.1) is 5.82 Å². The standard InChI is InChI=1S/C9H8FIO2/c10-7-2-1-3-8-9(7)13-6(4-11)5-12-8/h1-3,6H,4-5H2/t6-/m1/s1. The Labute approximate surface area is 89.2 Å². The fourth-order valence-corrected chi connectivity index (χ4v) is 1.61. The van der Waals surface area contributed by atoms with Gasteiger partial charge in [-0.25, -0.2) is 4.39 Å². The van der Waals surface area contributed by atoms with E-state index in [-0.39, 0.29) is 17.7 Å². The summed E-state index contributed by atoms with van der Waals surface area (Å²) in [5, 5.41) is 0. The van der Waals surface area contributed by atoms with Crippen LogP contribution in [-0.4, -0.2) is 17.1 Å². The molecule has 1 heterocycles. The van der Waals surface area contributed by atoms with E-state index < -0.39 is 0 Å². The van der Waals surface area contributed by atoms with Crippen molar-refractivity contribution in [3.63, 3.8) is 0 Å². The van der Waals surface area contributed by atoms with E-state index in [2.05, 4.69) is 22.6 Å². The molecule has 1 atom stereocenters. The number of benzene rings is 1. The maximum atomic E-state index is 13.2. The Morgan fingerprint density at radius 3 is 3.15 bits per heavy atom. The van der Waals surface area contributed by atoms with Gasteiger partial charge >= 0.3 is 0 Å². The second-order valence-corrected chi connectivity index (χ2v) is 3.65. The first-order chi connectivity index (χ1) is 6.31. The van der Waals surface area contributed by atoms with Gasteiger partial charge in [-0.1, -0.05) is 28.7 Å². The van der Waals surface area contributed by atoms with Gasteiger partial charge in [0.15, 0.2) is 17.3 Å². The number of fused-ring (bicyclic) bond motifs is 1. The highest BCUT2D eigenvalue weighted by Gasteiger charge is 2.22. The number of hydrogen-bond donors (Lipinski definition) is 0. The molecule has 0 saturated carbocycles. The van der Waals surface area contributed by atoms with Gasteiger partial charge in [-0.3, -0.25) is 0 Å². The molecule has 0 radical (unpaired) electrons. The smallest absolute Gasteiger partial charge is 0.197 e. The van der Waals surface area contributed by atoms with Gasteiger partial charge in [0.25, 0.3) is 0 Å². The Bertz CT molecular complexity index is 316. The molecule has 0 unspecified atom stereocenters. The molecule has 13 heavy (non-hydrogen) atoms. The van der Waals surface area contributed by atoms with Crippen molar-refractivity contribution in [2.75, 3.05) is 11.0 Å². The number of ether oxygens (including phenoxy) is 2. The van der Waals surface area contributed by atoms with Crippen LogP contribution in [-0.2, 0) is 0 Å². The van der Waals surface area contributed by atoms with Crippen LogP contribution in [0.3, 0.4) is 0 Å². The molecule has 0 aliphatic carbocycles. The summed E-state index contributed by atoms with van der Waals surface area (Å²) >= 11 is 2.19. The van der Waals surface area contributed by atoms with E-state index in [9.17, 15) is 4.39 Å². The van der Waals surface area contributed by atoms with Crippen molar-refractivity contribution in [1.29, 1.82) is 0 Å². The first-order valence-corrected chi connectivity index (χ1v) is 5.47. The summed E-state index contributed by atoms with van der Waals surface area (Å²) in [5.41, 5.74) is 0. The van der Waals surface area contributed by atoms with Crippen molar-refractivity contribution in [2.45, 2.75) is 6.10 Å². The molecule has 0 bridgehead atoms. The molecule has 2 nitrogen and oxygen atoms in total. The van der Waals surface area contributed by atoms with E-state index in [4.69, 9.17) is 9.47 Å². The maximum absolute atomic E-state index is 13.2. The van der Waals surface area contributed by atoms with Gasteiger partial charge < -0.3 is 9.47 Å². The van der Waals surface area contributed by atoms with Crippen molar-refractivity contribution in [3.8, 4) is 11.5 Å². The second-order valence-electron chi connectivity index (χ2n) is 2.77. The zero-order valence-electron chi connectivity index (χ0n) is 6.80. The highest BCUT2D eigenvalue weighted by molar-refractivity contribution is 14.1. The zero-order valence-corrected chi connectivity index (χ0v) is 8.95. The summed E-state index contributed by atoms with van der Waals surface area (Å²) in [6, 6.07) is 4.70. The predicted octanol–water partition coefficient (Wildman–Crippen LogP) is 2.40. The van der Waals surface area contributed by atoms with Gasteiger partial charge in [0.05, 0.1) is 0 Å². The SMILES string of the molecule is Fc1cccc2c1O[C@H](CI)CO2. The van der Waals surface area contributed by atoms with Crippen molar-refractivity contribution < 1.29 is 13.9 Å². The number of para-hydroxylation sites is 1. The first kappa shape index (κ1) is 9.05. The number of alkyl halides is 1. The summed E-state index contributed by atoms with van der Waals surface area (Å²) in [6.07, 6.45) is -0.0370. The minimum atomic E-state index is -0.355. The number of hydrogen-bond acceptors (Lipinski definition) is 2.